The summed E-state index contributed by atoms with van der Waals surface area (Å²) in [6.07, 6.45) is -1.63. The number of halogens is 3. The Kier molecular flexibility index (Phi) is 9.03. The molecule has 1 aliphatic carbocycles. The van der Waals surface area contributed by atoms with Crippen LogP contribution in [-0.4, -0.2) is 66.6 Å². The first-order valence-electron chi connectivity index (χ1n) is 14.2. The summed E-state index contributed by atoms with van der Waals surface area (Å²) < 4.78 is 39.9. The maximum absolute atomic E-state index is 13.3. The maximum Gasteiger partial charge on any atom is 0.423 e. The number of carbonyl (C=O) groups excluding carboxylic acids is 1. The molecule has 0 spiro atoms. The molecule has 1 aliphatic heterocycles. The molecule has 1 saturated heterocycles. The fourth-order valence-electron chi connectivity index (χ4n) is 5.77. The van der Waals surface area contributed by atoms with Crippen LogP contribution in [0.3, 0.4) is 0 Å². The number of anilines is 2. The van der Waals surface area contributed by atoms with Crippen LogP contribution in [0.25, 0.3) is 0 Å². The van der Waals surface area contributed by atoms with Crippen molar-refractivity contribution in [3.8, 4) is 0 Å². The van der Waals surface area contributed by atoms with Crippen molar-refractivity contribution >= 4 is 23.1 Å². The second kappa shape index (κ2) is 12.2. The molecule has 2 amide bonds. The summed E-state index contributed by atoms with van der Waals surface area (Å²) in [6.45, 7) is 10.1. The van der Waals surface area contributed by atoms with Gasteiger partial charge in [-0.1, -0.05) is 32.9 Å². The van der Waals surface area contributed by atoms with Crippen LogP contribution in [0, 0.1) is 16.0 Å². The SMILES string of the molecule is CN(CC1CCC(Nc2ccc([N+](=O)[O-])c(C(F)(F)F)c2)CC1)C(=O)N1CCN(c2ccc(C(C)(C)C)cc2)CC1. The average Bonchev–Trinajstić information content (AvgIpc) is 2.93. The van der Waals surface area contributed by atoms with Gasteiger partial charge in [0.2, 0.25) is 0 Å². The van der Waals surface area contributed by atoms with Crippen molar-refractivity contribution in [1.82, 2.24) is 9.80 Å². The van der Waals surface area contributed by atoms with Gasteiger partial charge < -0.3 is 20.0 Å². The monoisotopic (exact) mass is 575 g/mol. The smallest absolute Gasteiger partial charge is 0.382 e. The van der Waals surface area contributed by atoms with Crippen LogP contribution >= 0.6 is 0 Å². The number of nitro benzene ring substituents is 1. The number of piperazine rings is 1. The predicted molar refractivity (Wildman–Crippen MR) is 154 cm³/mol. The van der Waals surface area contributed by atoms with Gasteiger partial charge in [-0.3, -0.25) is 10.1 Å². The van der Waals surface area contributed by atoms with Gasteiger partial charge in [0, 0.05) is 63.3 Å². The number of carbonyl (C=O) groups is 1. The third kappa shape index (κ3) is 7.62. The van der Waals surface area contributed by atoms with Gasteiger partial charge in [0.1, 0.15) is 5.56 Å². The van der Waals surface area contributed by atoms with E-state index in [1.807, 2.05) is 11.9 Å². The van der Waals surface area contributed by atoms with Crippen LogP contribution in [0.5, 0.6) is 0 Å². The van der Waals surface area contributed by atoms with E-state index in [1.165, 1.54) is 17.3 Å². The van der Waals surface area contributed by atoms with Crippen molar-refractivity contribution in [2.24, 2.45) is 5.92 Å². The van der Waals surface area contributed by atoms with Gasteiger partial charge in [-0.2, -0.15) is 13.2 Å². The van der Waals surface area contributed by atoms with E-state index in [-0.39, 0.29) is 23.2 Å². The van der Waals surface area contributed by atoms with E-state index in [0.29, 0.717) is 25.6 Å². The maximum atomic E-state index is 13.3. The van der Waals surface area contributed by atoms with Crippen LogP contribution in [0.1, 0.15) is 57.6 Å². The van der Waals surface area contributed by atoms with Gasteiger partial charge in [0.05, 0.1) is 4.92 Å². The summed E-state index contributed by atoms with van der Waals surface area (Å²) in [5, 5.41) is 14.1. The molecule has 0 radical (unpaired) electrons. The molecule has 2 aromatic rings. The fourth-order valence-corrected chi connectivity index (χ4v) is 5.77. The Bertz CT molecular complexity index is 1210. The molecule has 41 heavy (non-hydrogen) atoms. The highest BCUT2D eigenvalue weighted by molar-refractivity contribution is 5.74. The van der Waals surface area contributed by atoms with Crippen molar-refractivity contribution in [3.63, 3.8) is 0 Å². The summed E-state index contributed by atoms with van der Waals surface area (Å²) in [7, 11) is 1.83. The number of urea groups is 1. The standard InChI is InChI=1S/C30H40F3N5O3/c1-29(2,3)22-7-12-25(13-8-22)36-15-17-37(18-16-36)28(39)35(4)20-21-5-9-23(10-6-21)34-24-11-14-27(38(40)41)26(19-24)30(31,32)33/h7-8,11-14,19,21,23,34H,5-6,9-10,15-18,20H2,1-4H3. The van der Waals surface area contributed by atoms with Crippen LogP contribution in [0.4, 0.5) is 35.0 Å². The number of rotatable bonds is 6. The van der Waals surface area contributed by atoms with E-state index >= 15 is 0 Å². The average molecular weight is 576 g/mol. The van der Waals surface area contributed by atoms with Crippen molar-refractivity contribution in [2.45, 2.75) is 64.1 Å². The van der Waals surface area contributed by atoms with Crippen LogP contribution in [-0.2, 0) is 11.6 Å². The van der Waals surface area contributed by atoms with E-state index in [9.17, 15) is 28.1 Å². The normalized spacial score (nSPS) is 20.1. The second-order valence-electron chi connectivity index (χ2n) is 12.3. The lowest BCUT2D eigenvalue weighted by atomic mass is 9.85. The van der Waals surface area contributed by atoms with Gasteiger partial charge in [-0.05, 0) is 66.8 Å². The Hall–Kier alpha value is -3.50. The number of hydrogen-bond donors (Lipinski definition) is 1. The minimum absolute atomic E-state index is 0.0264. The third-order valence-electron chi connectivity index (χ3n) is 8.22. The van der Waals surface area contributed by atoms with E-state index < -0.39 is 22.4 Å². The van der Waals surface area contributed by atoms with Crippen LogP contribution < -0.4 is 10.2 Å². The number of nitro groups is 1. The lowest BCUT2D eigenvalue weighted by Crippen LogP contribution is -2.52. The molecule has 0 aromatic heterocycles. The predicted octanol–water partition coefficient (Wildman–Crippen LogP) is 6.76. The molecule has 11 heteroatoms. The van der Waals surface area contributed by atoms with Crippen molar-refractivity contribution in [1.29, 1.82) is 0 Å². The first-order chi connectivity index (χ1) is 19.2. The van der Waals surface area contributed by atoms with E-state index in [0.717, 1.165) is 50.9 Å². The zero-order valence-corrected chi connectivity index (χ0v) is 24.2. The molecule has 224 valence electrons. The van der Waals surface area contributed by atoms with Crippen LogP contribution in [0.2, 0.25) is 0 Å². The van der Waals surface area contributed by atoms with Gasteiger partial charge in [0.15, 0.2) is 0 Å². The minimum Gasteiger partial charge on any atom is -0.382 e. The molecule has 1 heterocycles. The Morgan fingerprint density at radius 3 is 2.15 bits per heavy atom. The summed E-state index contributed by atoms with van der Waals surface area (Å²) >= 11 is 0. The molecule has 4 rings (SSSR count). The highest BCUT2D eigenvalue weighted by Gasteiger charge is 2.38. The van der Waals surface area contributed by atoms with E-state index in [2.05, 4.69) is 55.3 Å². The molecule has 2 aliphatic rings. The first kappa shape index (κ1) is 30.5. The summed E-state index contributed by atoms with van der Waals surface area (Å²) in [5.74, 6) is 0.312. The number of nitrogens with zero attached hydrogens (tertiary/aromatic N) is 4. The summed E-state index contributed by atoms with van der Waals surface area (Å²) in [4.78, 5) is 29.1. The summed E-state index contributed by atoms with van der Waals surface area (Å²) in [5.41, 5.74) is 0.604. The van der Waals surface area contributed by atoms with Crippen molar-refractivity contribution in [2.75, 3.05) is 50.0 Å². The van der Waals surface area contributed by atoms with Gasteiger partial charge in [0.25, 0.3) is 5.69 Å². The number of alkyl halides is 3. The molecular weight excluding hydrogens is 535 g/mol. The van der Waals surface area contributed by atoms with E-state index in [1.54, 1.807) is 4.90 Å². The molecule has 0 atom stereocenters. The number of hydrogen-bond acceptors (Lipinski definition) is 5. The molecule has 1 saturated carbocycles. The third-order valence-corrected chi connectivity index (χ3v) is 8.22. The zero-order valence-electron chi connectivity index (χ0n) is 24.2. The largest absolute Gasteiger partial charge is 0.423 e. The number of nitrogens with one attached hydrogen (secondary N) is 1. The van der Waals surface area contributed by atoms with E-state index in [4.69, 9.17) is 0 Å². The molecule has 1 N–H and O–H groups in total. The lowest BCUT2D eigenvalue weighted by Gasteiger charge is -2.39. The van der Waals surface area contributed by atoms with Crippen molar-refractivity contribution < 1.29 is 22.9 Å². The van der Waals surface area contributed by atoms with Gasteiger partial charge >= 0.3 is 12.2 Å². The topological polar surface area (TPSA) is 82.0 Å². The molecule has 0 bridgehead atoms. The highest BCUT2D eigenvalue weighted by atomic mass is 19.4. The second-order valence-corrected chi connectivity index (χ2v) is 12.3. The molecule has 8 nitrogen and oxygen atoms in total. The zero-order chi connectivity index (χ0) is 29.9. The molecule has 2 aromatic carbocycles. The molecule has 0 unspecified atom stereocenters. The van der Waals surface area contributed by atoms with Gasteiger partial charge in [-0.25, -0.2) is 4.79 Å². The Morgan fingerprint density at radius 2 is 1.61 bits per heavy atom. The van der Waals surface area contributed by atoms with Gasteiger partial charge in [-0.15, -0.1) is 0 Å². The quantitative estimate of drug-likeness (QED) is 0.304. The Morgan fingerprint density at radius 1 is 1.00 bits per heavy atom. The minimum atomic E-state index is -4.81. The molecular formula is C30H40F3N5O3. The number of amides is 2. The Balaban J connectivity index is 1.23. The fraction of sp³-hybridized carbons (Fsp3) is 0.567. The molecule has 2 fully saturated rings. The van der Waals surface area contributed by atoms with Crippen LogP contribution in [0.15, 0.2) is 42.5 Å². The first-order valence-corrected chi connectivity index (χ1v) is 14.2. The summed E-state index contributed by atoms with van der Waals surface area (Å²) in [6, 6.07) is 11.7. The lowest BCUT2D eigenvalue weighted by molar-refractivity contribution is -0.388. The van der Waals surface area contributed by atoms with Crippen molar-refractivity contribution in [3.05, 3.63) is 63.7 Å². The highest BCUT2D eigenvalue weighted by Crippen LogP contribution is 2.38. The number of benzene rings is 2. The Labute approximate surface area is 239 Å².